The van der Waals surface area contributed by atoms with Crippen LogP contribution in [-0.4, -0.2) is 23.2 Å². The molecule has 0 fully saturated rings. The molecule has 0 bridgehead atoms. The van der Waals surface area contributed by atoms with Gasteiger partial charge in [-0.1, -0.05) is 0 Å². The summed E-state index contributed by atoms with van der Waals surface area (Å²) in [6, 6.07) is 0. The van der Waals surface area contributed by atoms with Crippen molar-refractivity contribution < 1.29 is 4.79 Å². The molecule has 10 heavy (non-hydrogen) atoms. The fourth-order valence-corrected chi connectivity index (χ4v) is 0.664. The van der Waals surface area contributed by atoms with Crippen molar-refractivity contribution in [2.75, 3.05) is 12.4 Å². The van der Waals surface area contributed by atoms with Gasteiger partial charge in [-0.05, 0) is 0 Å². The van der Waals surface area contributed by atoms with Crippen molar-refractivity contribution in [3.8, 4) is 0 Å². The molecule has 0 spiro atoms. The lowest BCUT2D eigenvalue weighted by Crippen LogP contribution is -2.13. The molecule has 0 aromatic carbocycles. The summed E-state index contributed by atoms with van der Waals surface area (Å²) >= 11 is 0. The average Bonchev–Trinajstić information content (AvgIpc) is 2.33. The number of anilines is 1. The van der Waals surface area contributed by atoms with Crippen LogP contribution in [0.3, 0.4) is 0 Å². The summed E-state index contributed by atoms with van der Waals surface area (Å²) in [7, 11) is 1.69. The Balaban J connectivity index is 3.01. The van der Waals surface area contributed by atoms with Crippen LogP contribution in [0.15, 0.2) is 6.20 Å². The zero-order valence-electron chi connectivity index (χ0n) is 5.51. The van der Waals surface area contributed by atoms with Crippen molar-refractivity contribution >= 4 is 11.6 Å². The molecule has 0 aliphatic heterocycles. The molecule has 0 atom stereocenters. The predicted octanol–water partition coefficient (Wildman–Crippen LogP) is -0.450. The topological polar surface area (TPSA) is 83.8 Å². The van der Waals surface area contributed by atoms with Gasteiger partial charge in [-0.3, -0.25) is 9.89 Å². The van der Waals surface area contributed by atoms with Crippen molar-refractivity contribution in [1.82, 2.24) is 10.2 Å². The number of H-pyrrole nitrogens is 1. The second-order valence-electron chi connectivity index (χ2n) is 1.77. The zero-order chi connectivity index (χ0) is 7.56. The van der Waals surface area contributed by atoms with Crippen LogP contribution in [-0.2, 0) is 0 Å². The number of carbonyl (C=O) groups excluding carboxylic acids is 1. The van der Waals surface area contributed by atoms with Crippen LogP contribution < -0.4 is 11.1 Å². The lowest BCUT2D eigenvalue weighted by molar-refractivity contribution is 0.0996. The standard InChI is InChI=1S/C5H8N4O/c1-7-3-2-8-9-4(3)5(6)10/h2,7H,1H3,(H2,6,10)(H,8,9). The highest BCUT2D eigenvalue weighted by molar-refractivity contribution is 5.96. The summed E-state index contributed by atoms with van der Waals surface area (Å²) in [6.45, 7) is 0. The van der Waals surface area contributed by atoms with E-state index in [1.165, 1.54) is 6.20 Å². The van der Waals surface area contributed by atoms with E-state index in [1.54, 1.807) is 7.05 Å². The minimum Gasteiger partial charge on any atom is -0.385 e. The first-order valence-corrected chi connectivity index (χ1v) is 2.76. The number of hydrogen-bond donors (Lipinski definition) is 3. The second kappa shape index (κ2) is 2.38. The summed E-state index contributed by atoms with van der Waals surface area (Å²) in [5.74, 6) is -0.512. The van der Waals surface area contributed by atoms with Crippen LogP contribution in [0.25, 0.3) is 0 Å². The number of amides is 1. The number of aromatic amines is 1. The van der Waals surface area contributed by atoms with Gasteiger partial charge >= 0.3 is 0 Å². The normalized spacial score (nSPS) is 9.30. The molecular formula is C5H8N4O. The van der Waals surface area contributed by atoms with Crippen LogP contribution in [0.4, 0.5) is 5.69 Å². The van der Waals surface area contributed by atoms with Gasteiger partial charge in [0.15, 0.2) is 0 Å². The fraction of sp³-hybridized carbons (Fsp3) is 0.200. The first-order chi connectivity index (χ1) is 4.75. The molecule has 0 aliphatic carbocycles. The van der Waals surface area contributed by atoms with E-state index in [4.69, 9.17) is 5.73 Å². The van der Waals surface area contributed by atoms with E-state index < -0.39 is 5.91 Å². The maximum atomic E-state index is 10.6. The number of primary amides is 1. The van der Waals surface area contributed by atoms with E-state index in [-0.39, 0.29) is 0 Å². The van der Waals surface area contributed by atoms with Gasteiger partial charge in [0.2, 0.25) is 0 Å². The van der Waals surface area contributed by atoms with Crippen molar-refractivity contribution in [1.29, 1.82) is 0 Å². The Hall–Kier alpha value is -1.52. The van der Waals surface area contributed by atoms with Gasteiger partial charge in [-0.15, -0.1) is 0 Å². The van der Waals surface area contributed by atoms with Crippen LogP contribution in [0.5, 0.6) is 0 Å². The minimum atomic E-state index is -0.512. The van der Waals surface area contributed by atoms with Gasteiger partial charge in [0.1, 0.15) is 5.69 Å². The molecule has 54 valence electrons. The molecule has 0 radical (unpaired) electrons. The SMILES string of the molecule is CNc1cn[nH]c1C(N)=O. The number of nitrogens with one attached hydrogen (secondary N) is 2. The highest BCUT2D eigenvalue weighted by Crippen LogP contribution is 2.07. The number of aromatic nitrogens is 2. The zero-order valence-corrected chi connectivity index (χ0v) is 5.51. The third kappa shape index (κ3) is 0.928. The van der Waals surface area contributed by atoms with Gasteiger partial charge in [-0.2, -0.15) is 5.10 Å². The third-order valence-corrected chi connectivity index (χ3v) is 1.16. The van der Waals surface area contributed by atoms with E-state index in [1.807, 2.05) is 0 Å². The molecule has 1 heterocycles. The van der Waals surface area contributed by atoms with Crippen molar-refractivity contribution in [3.05, 3.63) is 11.9 Å². The largest absolute Gasteiger partial charge is 0.385 e. The summed E-state index contributed by atoms with van der Waals surface area (Å²) in [4.78, 5) is 10.6. The molecule has 4 N–H and O–H groups in total. The van der Waals surface area contributed by atoms with E-state index in [9.17, 15) is 4.79 Å². The van der Waals surface area contributed by atoms with Crippen molar-refractivity contribution in [2.24, 2.45) is 5.73 Å². The number of nitrogens with zero attached hydrogens (tertiary/aromatic N) is 1. The van der Waals surface area contributed by atoms with Crippen LogP contribution in [0, 0.1) is 0 Å². The Morgan fingerprint density at radius 1 is 1.90 bits per heavy atom. The number of rotatable bonds is 2. The smallest absolute Gasteiger partial charge is 0.268 e. The lowest BCUT2D eigenvalue weighted by Gasteiger charge is -1.94. The van der Waals surface area contributed by atoms with Crippen molar-refractivity contribution in [2.45, 2.75) is 0 Å². The highest BCUT2D eigenvalue weighted by Gasteiger charge is 2.07. The maximum Gasteiger partial charge on any atom is 0.268 e. The Morgan fingerprint density at radius 3 is 3.00 bits per heavy atom. The molecule has 1 aromatic rings. The van der Waals surface area contributed by atoms with E-state index >= 15 is 0 Å². The van der Waals surface area contributed by atoms with Crippen molar-refractivity contribution in [3.63, 3.8) is 0 Å². The fourth-order valence-electron chi connectivity index (χ4n) is 0.664. The Kier molecular flexibility index (Phi) is 1.57. The van der Waals surface area contributed by atoms with Crippen LogP contribution >= 0.6 is 0 Å². The summed E-state index contributed by atoms with van der Waals surface area (Å²) in [5.41, 5.74) is 5.91. The highest BCUT2D eigenvalue weighted by atomic mass is 16.1. The monoisotopic (exact) mass is 140 g/mol. The molecular weight excluding hydrogens is 132 g/mol. The molecule has 1 rings (SSSR count). The molecule has 5 heteroatoms. The first kappa shape index (κ1) is 6.60. The second-order valence-corrected chi connectivity index (χ2v) is 1.77. The average molecular weight is 140 g/mol. The quantitative estimate of drug-likeness (QED) is 0.520. The molecule has 0 saturated heterocycles. The molecule has 0 unspecified atom stereocenters. The van der Waals surface area contributed by atoms with E-state index in [0.717, 1.165) is 0 Å². The summed E-state index contributed by atoms with van der Waals surface area (Å²) in [5, 5.41) is 8.86. The van der Waals surface area contributed by atoms with Gasteiger partial charge in [0, 0.05) is 7.05 Å². The lowest BCUT2D eigenvalue weighted by atomic mass is 10.3. The summed E-state index contributed by atoms with van der Waals surface area (Å²) in [6.07, 6.45) is 1.50. The molecule has 0 aliphatic rings. The van der Waals surface area contributed by atoms with Gasteiger partial charge in [0.25, 0.3) is 5.91 Å². The molecule has 1 amide bonds. The first-order valence-electron chi connectivity index (χ1n) is 2.76. The summed E-state index contributed by atoms with van der Waals surface area (Å²) < 4.78 is 0. The molecule has 1 aromatic heterocycles. The molecule has 5 nitrogen and oxygen atoms in total. The minimum absolute atomic E-state index is 0.308. The third-order valence-electron chi connectivity index (χ3n) is 1.16. The number of carbonyl (C=O) groups is 1. The number of hydrogen-bond acceptors (Lipinski definition) is 3. The van der Waals surface area contributed by atoms with Crippen LogP contribution in [0.1, 0.15) is 10.5 Å². The van der Waals surface area contributed by atoms with E-state index in [2.05, 4.69) is 15.5 Å². The van der Waals surface area contributed by atoms with Gasteiger partial charge in [0.05, 0.1) is 11.9 Å². The van der Waals surface area contributed by atoms with Crippen LogP contribution in [0.2, 0.25) is 0 Å². The Bertz CT molecular complexity index is 242. The van der Waals surface area contributed by atoms with Gasteiger partial charge < -0.3 is 11.1 Å². The Labute approximate surface area is 57.6 Å². The Morgan fingerprint density at radius 2 is 2.60 bits per heavy atom. The van der Waals surface area contributed by atoms with E-state index in [0.29, 0.717) is 11.4 Å². The van der Waals surface area contributed by atoms with Gasteiger partial charge in [-0.25, -0.2) is 0 Å². The maximum absolute atomic E-state index is 10.6. The number of nitrogens with two attached hydrogens (primary N) is 1. The predicted molar refractivity (Wildman–Crippen MR) is 36.7 cm³/mol. The molecule has 0 saturated carbocycles.